The summed E-state index contributed by atoms with van der Waals surface area (Å²) in [4.78, 5) is 14.2. The molecule has 0 atom stereocenters. The van der Waals surface area contributed by atoms with Crippen LogP contribution < -0.4 is 20.7 Å². The number of nitrogens with zero attached hydrogens (tertiary/aromatic N) is 3. The highest BCUT2D eigenvalue weighted by Gasteiger charge is 2.18. The number of hydrogen-bond donors (Lipinski definition) is 2. The van der Waals surface area contributed by atoms with Crippen molar-refractivity contribution in [3.63, 3.8) is 0 Å². The highest BCUT2D eigenvalue weighted by atomic mass is 19.1. The molecule has 0 unspecified atom stereocenters. The minimum absolute atomic E-state index is 0.182. The molecule has 0 aromatic heterocycles. The van der Waals surface area contributed by atoms with Crippen LogP contribution in [0.1, 0.15) is 23.6 Å². The molecule has 4 aromatic carbocycles. The van der Waals surface area contributed by atoms with E-state index in [2.05, 4.69) is 20.4 Å². The van der Waals surface area contributed by atoms with Gasteiger partial charge in [0.1, 0.15) is 22.9 Å². The number of carbonyl (C=O) groups excluding carboxylic acids is 1. The zero-order valence-corrected chi connectivity index (χ0v) is 23.4. The number of methoxy groups -OCH3 is 2. The largest absolute Gasteiger partial charge is 0.494 e. The van der Waals surface area contributed by atoms with E-state index in [0.29, 0.717) is 54.5 Å². The van der Waals surface area contributed by atoms with Gasteiger partial charge in [-0.1, -0.05) is 60.7 Å². The number of nitrogen functional groups attached to an aromatic ring is 1. The minimum atomic E-state index is -0.429. The Balaban J connectivity index is 1.68. The topological polar surface area (TPSA) is 102 Å². The van der Waals surface area contributed by atoms with E-state index in [-0.39, 0.29) is 11.6 Å². The number of nitrogens with one attached hydrogen (secondary N) is 1. The number of ether oxygens (including phenoxy) is 2. The van der Waals surface area contributed by atoms with Crippen molar-refractivity contribution in [2.24, 2.45) is 10.2 Å². The molecule has 41 heavy (non-hydrogen) atoms. The molecule has 3 N–H and O–H groups in total. The first-order valence-corrected chi connectivity index (χ1v) is 13.2. The normalized spacial score (nSPS) is 11.0. The van der Waals surface area contributed by atoms with Gasteiger partial charge in [0.05, 0.1) is 30.8 Å². The molecule has 0 saturated heterocycles. The molecule has 0 radical (unpaired) electrons. The standard InChI is InChI=1S/C32H34FN5O3/c1-22(39)35-29-19-31(38(14-15-40-2)21-24-12-8-5-9-13-24)32(41-3)20-30(29)37-36-28-18-26(33)25(17-27(28)34)16-23-10-6-4-7-11-23/h4-13,17-20H,14-16,21,34H2,1-3H3,(H,35,39). The fourth-order valence-corrected chi connectivity index (χ4v) is 4.40. The molecule has 1 amide bonds. The molecule has 0 spiro atoms. The molecule has 0 heterocycles. The van der Waals surface area contributed by atoms with Crippen molar-refractivity contribution in [2.75, 3.05) is 43.3 Å². The van der Waals surface area contributed by atoms with E-state index >= 15 is 0 Å². The average molecular weight is 556 g/mol. The van der Waals surface area contributed by atoms with E-state index in [9.17, 15) is 9.18 Å². The second-order valence-corrected chi connectivity index (χ2v) is 9.49. The molecule has 0 aliphatic rings. The number of benzene rings is 4. The van der Waals surface area contributed by atoms with Crippen molar-refractivity contribution >= 4 is 34.3 Å². The molecule has 4 rings (SSSR count). The van der Waals surface area contributed by atoms with Crippen LogP contribution in [0.5, 0.6) is 5.75 Å². The van der Waals surface area contributed by atoms with Gasteiger partial charge >= 0.3 is 0 Å². The lowest BCUT2D eigenvalue weighted by Gasteiger charge is -2.27. The lowest BCUT2D eigenvalue weighted by Crippen LogP contribution is -2.27. The maximum atomic E-state index is 15.0. The van der Waals surface area contributed by atoms with Crippen molar-refractivity contribution in [1.82, 2.24) is 0 Å². The van der Waals surface area contributed by atoms with Crippen LogP contribution >= 0.6 is 0 Å². The van der Waals surface area contributed by atoms with Crippen molar-refractivity contribution in [1.29, 1.82) is 0 Å². The van der Waals surface area contributed by atoms with E-state index in [0.717, 1.165) is 16.8 Å². The second kappa shape index (κ2) is 14.0. The Morgan fingerprint density at radius 3 is 2.22 bits per heavy atom. The maximum absolute atomic E-state index is 15.0. The third-order valence-electron chi connectivity index (χ3n) is 6.43. The number of rotatable bonds is 12. The van der Waals surface area contributed by atoms with Crippen LogP contribution in [-0.2, 0) is 22.5 Å². The van der Waals surface area contributed by atoms with E-state index in [1.54, 1.807) is 32.4 Å². The molecule has 0 bridgehead atoms. The highest BCUT2D eigenvalue weighted by Crippen LogP contribution is 2.40. The predicted octanol–water partition coefficient (Wildman–Crippen LogP) is 7.03. The molecule has 9 heteroatoms. The van der Waals surface area contributed by atoms with Gasteiger partial charge in [-0.15, -0.1) is 10.2 Å². The van der Waals surface area contributed by atoms with Crippen LogP contribution in [0.3, 0.4) is 0 Å². The van der Waals surface area contributed by atoms with Gasteiger partial charge < -0.3 is 25.4 Å². The third kappa shape index (κ3) is 7.89. The fourth-order valence-electron chi connectivity index (χ4n) is 4.40. The summed E-state index contributed by atoms with van der Waals surface area (Å²) in [7, 11) is 3.21. The van der Waals surface area contributed by atoms with Crippen molar-refractivity contribution < 1.29 is 18.7 Å². The van der Waals surface area contributed by atoms with Crippen molar-refractivity contribution in [3.8, 4) is 5.75 Å². The monoisotopic (exact) mass is 555 g/mol. The Bertz CT molecular complexity index is 1500. The van der Waals surface area contributed by atoms with Crippen molar-refractivity contribution in [3.05, 3.63) is 107 Å². The first-order chi connectivity index (χ1) is 19.9. The van der Waals surface area contributed by atoms with Crippen LogP contribution in [0.25, 0.3) is 0 Å². The van der Waals surface area contributed by atoms with Crippen molar-refractivity contribution in [2.45, 2.75) is 19.9 Å². The van der Waals surface area contributed by atoms with Crippen LogP contribution in [0.15, 0.2) is 95.2 Å². The molecule has 8 nitrogen and oxygen atoms in total. The molecule has 0 aliphatic carbocycles. The van der Waals surface area contributed by atoms with Crippen LogP contribution in [0.4, 0.5) is 32.8 Å². The van der Waals surface area contributed by atoms with Gasteiger partial charge in [0.15, 0.2) is 0 Å². The van der Waals surface area contributed by atoms with Gasteiger partial charge in [0, 0.05) is 45.7 Å². The molecule has 4 aromatic rings. The number of azo groups is 1. The van der Waals surface area contributed by atoms with E-state index in [1.165, 1.54) is 13.0 Å². The summed E-state index contributed by atoms with van der Waals surface area (Å²) in [5.74, 6) is -0.181. The minimum Gasteiger partial charge on any atom is -0.494 e. The summed E-state index contributed by atoms with van der Waals surface area (Å²) in [5, 5.41) is 11.4. The van der Waals surface area contributed by atoms with Gasteiger partial charge in [-0.2, -0.15) is 0 Å². The lowest BCUT2D eigenvalue weighted by molar-refractivity contribution is -0.114. The molecule has 0 aliphatic heterocycles. The summed E-state index contributed by atoms with van der Waals surface area (Å²) in [6.07, 6.45) is 0.405. The van der Waals surface area contributed by atoms with Crippen LogP contribution in [0.2, 0.25) is 0 Å². The molecule has 0 saturated carbocycles. The first kappa shape index (κ1) is 29.2. The Hall–Kier alpha value is -4.76. The first-order valence-electron chi connectivity index (χ1n) is 13.2. The molecular weight excluding hydrogens is 521 g/mol. The maximum Gasteiger partial charge on any atom is 0.221 e. The number of amides is 1. The molecular formula is C32H34FN5O3. The quantitative estimate of drug-likeness (QED) is 0.144. The van der Waals surface area contributed by atoms with Gasteiger partial charge in [-0.05, 0) is 28.8 Å². The van der Waals surface area contributed by atoms with Gasteiger partial charge in [-0.3, -0.25) is 4.79 Å². The molecule has 212 valence electrons. The second-order valence-electron chi connectivity index (χ2n) is 9.49. The Morgan fingerprint density at radius 2 is 1.59 bits per heavy atom. The summed E-state index contributed by atoms with van der Waals surface area (Å²) in [5.41, 5.74) is 10.7. The van der Waals surface area contributed by atoms with Gasteiger partial charge in [0.25, 0.3) is 0 Å². The summed E-state index contributed by atoms with van der Waals surface area (Å²) < 4.78 is 26.1. The number of anilines is 3. The Morgan fingerprint density at radius 1 is 0.927 bits per heavy atom. The van der Waals surface area contributed by atoms with Gasteiger partial charge in [-0.25, -0.2) is 4.39 Å². The Kier molecular flexibility index (Phi) is 10.0. The summed E-state index contributed by atoms with van der Waals surface area (Å²) in [6, 6.07) is 25.9. The number of carbonyl (C=O) groups is 1. The SMILES string of the molecule is COCCN(Cc1ccccc1)c1cc(NC(C)=O)c(N=Nc2cc(F)c(Cc3ccccc3)cc2N)cc1OC. The van der Waals surface area contributed by atoms with Crippen LogP contribution in [-0.4, -0.2) is 33.3 Å². The smallest absolute Gasteiger partial charge is 0.221 e. The zero-order chi connectivity index (χ0) is 29.2. The average Bonchev–Trinajstić information content (AvgIpc) is 2.97. The molecule has 0 fully saturated rings. The van der Waals surface area contributed by atoms with E-state index in [4.69, 9.17) is 15.2 Å². The number of hydrogen-bond acceptors (Lipinski definition) is 7. The van der Waals surface area contributed by atoms with Gasteiger partial charge in [0.2, 0.25) is 5.91 Å². The predicted molar refractivity (Wildman–Crippen MR) is 161 cm³/mol. The third-order valence-corrected chi connectivity index (χ3v) is 6.43. The fraction of sp³-hybridized carbons (Fsp3) is 0.219. The zero-order valence-electron chi connectivity index (χ0n) is 23.4. The number of halogens is 1. The lowest BCUT2D eigenvalue weighted by atomic mass is 10.0. The number of nitrogens with two attached hydrogens (primary N) is 1. The van der Waals surface area contributed by atoms with Crippen LogP contribution in [0, 0.1) is 5.82 Å². The summed E-state index contributed by atoms with van der Waals surface area (Å²) >= 11 is 0. The summed E-state index contributed by atoms with van der Waals surface area (Å²) in [6.45, 7) is 3.06. The Labute approximate surface area is 239 Å². The van der Waals surface area contributed by atoms with E-state index in [1.807, 2.05) is 60.7 Å². The highest BCUT2D eigenvalue weighted by molar-refractivity contribution is 5.94. The van der Waals surface area contributed by atoms with E-state index < -0.39 is 5.82 Å².